The van der Waals surface area contributed by atoms with Gasteiger partial charge in [-0.15, -0.1) is 11.8 Å². The van der Waals surface area contributed by atoms with Crippen molar-refractivity contribution in [2.45, 2.75) is 4.90 Å². The van der Waals surface area contributed by atoms with Crippen molar-refractivity contribution in [2.75, 3.05) is 6.26 Å². The average molecular weight is 309 g/mol. The van der Waals surface area contributed by atoms with Crippen LogP contribution in [-0.4, -0.2) is 16.5 Å². The Labute approximate surface area is 124 Å². The number of thioether (sulfide) groups is 1. The first-order valence-electron chi connectivity index (χ1n) is 5.81. The van der Waals surface area contributed by atoms with Crippen LogP contribution in [0, 0.1) is 5.82 Å². The van der Waals surface area contributed by atoms with Crippen LogP contribution in [0.25, 0.3) is 10.9 Å². The zero-order valence-corrected chi connectivity index (χ0v) is 12.1. The molecule has 6 heteroatoms. The van der Waals surface area contributed by atoms with E-state index in [0.29, 0.717) is 16.5 Å². The molecule has 0 aliphatic heterocycles. The number of H-pyrrole nitrogens is 1. The number of fused-ring (bicyclic) bond motifs is 1. The maximum Gasteiger partial charge on any atom is 0.138 e. The Bertz CT molecular complexity index is 755. The van der Waals surface area contributed by atoms with Crippen LogP contribution >= 0.6 is 23.4 Å². The first-order chi connectivity index (χ1) is 9.67. The van der Waals surface area contributed by atoms with Crippen molar-refractivity contribution in [1.82, 2.24) is 10.2 Å². The van der Waals surface area contributed by atoms with E-state index < -0.39 is 5.82 Å². The van der Waals surface area contributed by atoms with Crippen molar-refractivity contribution < 1.29 is 9.13 Å². The molecule has 0 atom stereocenters. The molecule has 0 fully saturated rings. The van der Waals surface area contributed by atoms with Crippen LogP contribution in [0.2, 0.25) is 5.02 Å². The van der Waals surface area contributed by atoms with Gasteiger partial charge in [0, 0.05) is 16.0 Å². The van der Waals surface area contributed by atoms with E-state index in [1.54, 1.807) is 24.0 Å². The topological polar surface area (TPSA) is 37.9 Å². The smallest absolute Gasteiger partial charge is 0.138 e. The average Bonchev–Trinajstić information content (AvgIpc) is 2.87. The van der Waals surface area contributed by atoms with Crippen LogP contribution in [-0.2, 0) is 0 Å². The highest BCUT2D eigenvalue weighted by molar-refractivity contribution is 7.98. The number of rotatable bonds is 3. The maximum absolute atomic E-state index is 13.3. The van der Waals surface area contributed by atoms with Crippen molar-refractivity contribution in [2.24, 2.45) is 0 Å². The third kappa shape index (κ3) is 2.46. The Balaban J connectivity index is 2.04. The molecule has 3 aromatic rings. The summed E-state index contributed by atoms with van der Waals surface area (Å²) in [5.74, 6) is 0.527. The van der Waals surface area contributed by atoms with Gasteiger partial charge in [-0.05, 0) is 30.5 Å². The van der Waals surface area contributed by atoms with Gasteiger partial charge in [-0.2, -0.15) is 5.10 Å². The first kappa shape index (κ1) is 13.3. The molecule has 0 aliphatic carbocycles. The minimum absolute atomic E-state index is 0.296. The van der Waals surface area contributed by atoms with Gasteiger partial charge in [0.05, 0.1) is 17.1 Å². The van der Waals surface area contributed by atoms with Gasteiger partial charge in [-0.1, -0.05) is 11.6 Å². The molecule has 1 N–H and O–H groups in total. The van der Waals surface area contributed by atoms with E-state index in [0.717, 1.165) is 15.8 Å². The zero-order chi connectivity index (χ0) is 14.1. The normalized spacial score (nSPS) is 10.9. The molecular formula is C14H10ClFN2OS. The molecule has 1 heterocycles. The number of hydrogen-bond donors (Lipinski definition) is 1. The van der Waals surface area contributed by atoms with Crippen LogP contribution in [0.5, 0.6) is 11.5 Å². The van der Waals surface area contributed by atoms with Gasteiger partial charge in [0.2, 0.25) is 0 Å². The molecule has 1 aromatic heterocycles. The number of aromatic amines is 1. The molecule has 3 rings (SSSR count). The van der Waals surface area contributed by atoms with Crippen LogP contribution in [0.3, 0.4) is 0 Å². The second kappa shape index (κ2) is 5.34. The Kier molecular flexibility index (Phi) is 3.54. The molecule has 0 spiro atoms. The summed E-state index contributed by atoms with van der Waals surface area (Å²) in [5.41, 5.74) is 0.900. The Morgan fingerprint density at radius 1 is 1.30 bits per heavy atom. The molecule has 3 nitrogen and oxygen atoms in total. The zero-order valence-electron chi connectivity index (χ0n) is 10.5. The fourth-order valence-electron chi connectivity index (χ4n) is 1.96. The highest BCUT2D eigenvalue weighted by Crippen LogP contribution is 2.34. The van der Waals surface area contributed by atoms with E-state index in [2.05, 4.69) is 10.2 Å². The number of halogens is 2. The molecule has 0 bridgehead atoms. The largest absolute Gasteiger partial charge is 0.456 e. The summed E-state index contributed by atoms with van der Waals surface area (Å²) in [7, 11) is 0. The standard InChI is InChI=1S/C14H10ClFN2OS/c1-20-13-3-2-12(11-7-17-18-14(11)13)19-10-5-8(15)4-9(16)6-10/h2-7H,1H3,(H,17,18). The molecule has 20 heavy (non-hydrogen) atoms. The number of benzene rings is 2. The molecule has 0 aliphatic rings. The van der Waals surface area contributed by atoms with Gasteiger partial charge in [0.1, 0.15) is 17.3 Å². The fraction of sp³-hybridized carbons (Fsp3) is 0.0714. The summed E-state index contributed by atoms with van der Waals surface area (Å²) in [4.78, 5) is 1.07. The monoisotopic (exact) mass is 308 g/mol. The lowest BCUT2D eigenvalue weighted by Gasteiger charge is -2.08. The lowest BCUT2D eigenvalue weighted by molar-refractivity contribution is 0.482. The summed E-state index contributed by atoms with van der Waals surface area (Å²) in [6.07, 6.45) is 3.67. The quantitative estimate of drug-likeness (QED) is 0.701. The second-order valence-corrected chi connectivity index (χ2v) is 5.42. The third-order valence-electron chi connectivity index (χ3n) is 2.82. The number of aromatic nitrogens is 2. The number of nitrogens with one attached hydrogen (secondary N) is 1. The van der Waals surface area contributed by atoms with Gasteiger partial charge in [0.15, 0.2) is 0 Å². The van der Waals surface area contributed by atoms with Crippen molar-refractivity contribution in [3.63, 3.8) is 0 Å². The molecule has 0 unspecified atom stereocenters. The minimum atomic E-state index is -0.434. The highest BCUT2D eigenvalue weighted by Gasteiger charge is 2.10. The van der Waals surface area contributed by atoms with Crippen LogP contribution in [0.15, 0.2) is 41.4 Å². The van der Waals surface area contributed by atoms with E-state index in [1.165, 1.54) is 12.1 Å². The van der Waals surface area contributed by atoms with E-state index in [9.17, 15) is 4.39 Å². The van der Waals surface area contributed by atoms with Gasteiger partial charge < -0.3 is 4.74 Å². The van der Waals surface area contributed by atoms with E-state index in [1.807, 2.05) is 18.4 Å². The third-order valence-corrected chi connectivity index (χ3v) is 3.82. The summed E-state index contributed by atoms with van der Waals surface area (Å²) in [5, 5.41) is 8.11. The van der Waals surface area contributed by atoms with Crippen LogP contribution < -0.4 is 4.74 Å². The number of hydrogen-bond acceptors (Lipinski definition) is 3. The van der Waals surface area contributed by atoms with Gasteiger partial charge in [-0.3, -0.25) is 5.10 Å². The summed E-state index contributed by atoms with van der Waals surface area (Å²) in [6, 6.07) is 7.86. The lowest BCUT2D eigenvalue weighted by Crippen LogP contribution is -1.87. The Hall–Kier alpha value is -1.72. The molecule has 0 saturated carbocycles. The number of ether oxygens (including phenoxy) is 1. The molecule has 2 aromatic carbocycles. The van der Waals surface area contributed by atoms with Gasteiger partial charge >= 0.3 is 0 Å². The Morgan fingerprint density at radius 3 is 2.90 bits per heavy atom. The molecule has 0 amide bonds. The van der Waals surface area contributed by atoms with Gasteiger partial charge in [0.25, 0.3) is 0 Å². The van der Waals surface area contributed by atoms with Crippen LogP contribution in [0.1, 0.15) is 0 Å². The van der Waals surface area contributed by atoms with Crippen molar-refractivity contribution in [1.29, 1.82) is 0 Å². The Morgan fingerprint density at radius 2 is 2.15 bits per heavy atom. The van der Waals surface area contributed by atoms with Crippen molar-refractivity contribution in [3.05, 3.63) is 47.4 Å². The summed E-state index contributed by atoms with van der Waals surface area (Å²) >= 11 is 7.43. The maximum atomic E-state index is 13.3. The lowest BCUT2D eigenvalue weighted by atomic mass is 10.2. The van der Waals surface area contributed by atoms with E-state index in [4.69, 9.17) is 16.3 Å². The molecule has 102 valence electrons. The second-order valence-electron chi connectivity index (χ2n) is 4.13. The molecule has 0 radical (unpaired) electrons. The van der Waals surface area contributed by atoms with Crippen molar-refractivity contribution >= 4 is 34.3 Å². The summed E-state index contributed by atoms with van der Waals surface area (Å²) < 4.78 is 19.0. The number of nitrogens with zero attached hydrogens (tertiary/aromatic N) is 1. The summed E-state index contributed by atoms with van der Waals surface area (Å²) in [6.45, 7) is 0. The minimum Gasteiger partial charge on any atom is -0.456 e. The predicted molar refractivity (Wildman–Crippen MR) is 79.4 cm³/mol. The first-order valence-corrected chi connectivity index (χ1v) is 7.41. The highest BCUT2D eigenvalue weighted by atomic mass is 35.5. The van der Waals surface area contributed by atoms with Gasteiger partial charge in [-0.25, -0.2) is 4.39 Å². The SMILES string of the molecule is CSc1ccc(Oc2cc(F)cc(Cl)c2)c2cn[nH]c12. The van der Waals surface area contributed by atoms with Crippen LogP contribution in [0.4, 0.5) is 4.39 Å². The van der Waals surface area contributed by atoms with Crippen molar-refractivity contribution in [3.8, 4) is 11.5 Å². The van der Waals surface area contributed by atoms with E-state index in [-0.39, 0.29) is 0 Å². The molecular weight excluding hydrogens is 299 g/mol. The predicted octanol–water partition coefficient (Wildman–Crippen LogP) is 4.87. The molecule has 0 saturated heterocycles. The van der Waals surface area contributed by atoms with E-state index >= 15 is 0 Å². The fourth-order valence-corrected chi connectivity index (χ4v) is 2.73.